The first-order valence-corrected chi connectivity index (χ1v) is 40.4. The summed E-state index contributed by atoms with van der Waals surface area (Å²) in [4.78, 5) is 31.4. The summed E-state index contributed by atoms with van der Waals surface area (Å²) in [7, 11) is 0. The standard InChI is InChI=1S/3C22H20N2.C15H15N.11C2H6/c1-17-3-11-21(12-4-17)23-15-19-7-9-20(10-8-19)16-24-22-13-5-18(2)6-14-22;1-17-3-7-19(8-4-17)15-24-22-13-9-20(10-14-22)16-23-21-11-5-18(2)6-12-21;1-17-3-7-19(8-4-17)15-23-21-11-13-22(14-12-21)24-16-20-9-5-18(2)6-10-20;1-12-3-7-14(8-4-12)11-16-15-9-5-13(2)6-10-15;11*1-2/h3*3-16H,1-2H3;3-11H,1-2H3;11*1-2H3. The SMILES string of the molecule is CC.CC.CC.CC.CC.CC.CC.CC.CC.CC.CC.Cc1ccc(C=Nc2ccc(C)cc2)cc1.Cc1ccc(C=Nc2ccc(C=Nc3ccc(C)cc3)cc2)cc1.Cc1ccc(C=Nc2ccc(N=Cc3ccc(C)cc3)cc2)cc1.Cc1ccc(N=Cc2ccc(C=Nc3ccc(C)cc3)cc2)cc1. The van der Waals surface area contributed by atoms with Crippen LogP contribution in [0.5, 0.6) is 0 Å². The molecule has 0 saturated heterocycles. The molecule has 11 rings (SSSR count). The molecule has 0 spiro atoms. The van der Waals surface area contributed by atoms with Gasteiger partial charge in [-0.15, -0.1) is 0 Å². The predicted molar refractivity (Wildman–Crippen MR) is 504 cm³/mol. The Morgan fingerprint density at radius 2 is 0.191 bits per heavy atom. The van der Waals surface area contributed by atoms with Crippen LogP contribution in [0.2, 0.25) is 0 Å². The van der Waals surface area contributed by atoms with E-state index in [1.165, 1.54) is 44.5 Å². The van der Waals surface area contributed by atoms with Gasteiger partial charge in [0.2, 0.25) is 0 Å². The highest BCUT2D eigenvalue weighted by Gasteiger charge is 1.98. The number of hydrogen-bond donors (Lipinski definition) is 0. The van der Waals surface area contributed by atoms with Crippen LogP contribution in [0, 0.1) is 55.4 Å². The minimum atomic E-state index is 0.921. The van der Waals surface area contributed by atoms with E-state index in [0.29, 0.717) is 0 Å². The number of aliphatic imine (C=N–C) groups is 7. The molecular weight excluding hydrogens is 1340 g/mol. The first-order valence-electron chi connectivity index (χ1n) is 40.4. The monoisotopic (exact) mass is 1480 g/mol. The summed E-state index contributed by atoms with van der Waals surface area (Å²) >= 11 is 0. The average molecular weight is 1480 g/mol. The smallest absolute Gasteiger partial charge is 0.0631 e. The fourth-order valence-electron chi connectivity index (χ4n) is 8.12. The van der Waals surface area contributed by atoms with Crippen molar-refractivity contribution in [3.05, 3.63) is 350 Å². The summed E-state index contributed by atoms with van der Waals surface area (Å²) in [5.74, 6) is 0. The third kappa shape index (κ3) is 49.9. The molecule has 0 bridgehead atoms. The van der Waals surface area contributed by atoms with Crippen molar-refractivity contribution in [1.29, 1.82) is 0 Å². The molecule has 0 aliphatic carbocycles. The van der Waals surface area contributed by atoms with Crippen molar-refractivity contribution in [3.63, 3.8) is 0 Å². The zero-order valence-corrected chi connectivity index (χ0v) is 73.6. The molecule has 588 valence electrons. The second-order valence-electron chi connectivity index (χ2n) is 21.6. The maximum absolute atomic E-state index is 4.51. The van der Waals surface area contributed by atoms with Gasteiger partial charge in [-0.3, -0.25) is 34.9 Å². The fourth-order valence-corrected chi connectivity index (χ4v) is 8.12. The van der Waals surface area contributed by atoms with E-state index in [-0.39, 0.29) is 0 Å². The lowest BCUT2D eigenvalue weighted by Gasteiger charge is -1.98. The molecule has 0 atom stereocenters. The molecule has 110 heavy (non-hydrogen) atoms. The van der Waals surface area contributed by atoms with Gasteiger partial charge in [0.15, 0.2) is 0 Å². The molecule has 0 aliphatic rings. The lowest BCUT2D eigenvalue weighted by atomic mass is 10.1. The van der Waals surface area contributed by atoms with Crippen LogP contribution in [-0.2, 0) is 0 Å². The molecule has 0 fully saturated rings. The molecule has 7 nitrogen and oxygen atoms in total. The van der Waals surface area contributed by atoms with E-state index in [1.807, 2.05) is 317 Å². The fraction of sp³-hybridized carbons (Fsp3) is 0.291. The zero-order valence-electron chi connectivity index (χ0n) is 73.6. The molecule has 0 saturated carbocycles. The van der Waals surface area contributed by atoms with Crippen molar-refractivity contribution < 1.29 is 0 Å². The first-order chi connectivity index (χ1) is 53.8. The van der Waals surface area contributed by atoms with Crippen molar-refractivity contribution in [2.45, 2.75) is 208 Å². The topological polar surface area (TPSA) is 86.5 Å². The van der Waals surface area contributed by atoms with E-state index in [1.54, 1.807) is 0 Å². The maximum atomic E-state index is 4.51. The van der Waals surface area contributed by atoms with Crippen LogP contribution in [0.15, 0.2) is 302 Å². The van der Waals surface area contributed by atoms with Gasteiger partial charge in [0.1, 0.15) is 0 Å². The molecule has 0 aromatic heterocycles. The van der Waals surface area contributed by atoms with Crippen molar-refractivity contribution in [2.24, 2.45) is 34.9 Å². The van der Waals surface area contributed by atoms with E-state index in [9.17, 15) is 0 Å². The van der Waals surface area contributed by atoms with Gasteiger partial charge in [-0.05, 0) is 179 Å². The van der Waals surface area contributed by atoms with Gasteiger partial charge < -0.3 is 0 Å². The van der Waals surface area contributed by atoms with Crippen LogP contribution in [0.4, 0.5) is 39.8 Å². The minimum Gasteiger partial charge on any atom is -0.256 e. The van der Waals surface area contributed by atoms with E-state index in [4.69, 9.17) is 0 Å². The molecule has 0 amide bonds. The second kappa shape index (κ2) is 72.3. The normalized spacial score (nSPS) is 9.65. The number of hydrogen-bond acceptors (Lipinski definition) is 7. The Kier molecular flexibility index (Phi) is 69.3. The lowest BCUT2D eigenvalue weighted by Crippen LogP contribution is -1.84. The summed E-state index contributed by atoms with van der Waals surface area (Å²) in [5, 5.41) is 0. The van der Waals surface area contributed by atoms with E-state index in [2.05, 4.69) is 236 Å². The van der Waals surface area contributed by atoms with Crippen molar-refractivity contribution in [3.8, 4) is 0 Å². The molecule has 0 aliphatic heterocycles. The summed E-state index contributed by atoms with van der Waals surface area (Å²) in [5.41, 5.74) is 24.3. The zero-order chi connectivity index (χ0) is 83.7. The van der Waals surface area contributed by atoms with Gasteiger partial charge >= 0.3 is 0 Å². The van der Waals surface area contributed by atoms with Gasteiger partial charge in [-0.2, -0.15) is 0 Å². The summed E-state index contributed by atoms with van der Waals surface area (Å²) in [6, 6.07) is 90.2. The summed E-state index contributed by atoms with van der Waals surface area (Å²) in [6.07, 6.45) is 13.2. The van der Waals surface area contributed by atoms with Crippen LogP contribution < -0.4 is 0 Å². The van der Waals surface area contributed by atoms with Crippen LogP contribution in [-0.4, -0.2) is 43.5 Å². The highest BCUT2D eigenvalue weighted by atomic mass is 14.7. The number of rotatable bonds is 14. The lowest BCUT2D eigenvalue weighted by molar-refractivity contribution is 1.43. The minimum absolute atomic E-state index is 0.921. The quantitative estimate of drug-likeness (QED) is 0.0972. The number of aryl methyl sites for hydroxylation is 8. The highest BCUT2D eigenvalue weighted by molar-refractivity contribution is 5.87. The van der Waals surface area contributed by atoms with Crippen molar-refractivity contribution in [1.82, 2.24) is 0 Å². The van der Waals surface area contributed by atoms with Gasteiger partial charge in [-0.1, -0.05) is 379 Å². The van der Waals surface area contributed by atoms with Gasteiger partial charge in [0.05, 0.1) is 39.8 Å². The highest BCUT2D eigenvalue weighted by Crippen LogP contribution is 2.21. The Bertz CT molecular complexity index is 3460. The van der Waals surface area contributed by atoms with E-state index >= 15 is 0 Å². The molecule has 11 aromatic carbocycles. The van der Waals surface area contributed by atoms with Crippen LogP contribution in [0.25, 0.3) is 0 Å². The summed E-state index contributed by atoms with van der Waals surface area (Å²) in [6.45, 7) is 60.6. The Morgan fingerprint density at radius 3 is 0.309 bits per heavy atom. The number of benzene rings is 11. The van der Waals surface area contributed by atoms with Crippen LogP contribution in [0.3, 0.4) is 0 Å². The molecule has 0 radical (unpaired) electrons. The Morgan fingerprint density at radius 1 is 0.118 bits per heavy atom. The van der Waals surface area contributed by atoms with Crippen molar-refractivity contribution in [2.75, 3.05) is 0 Å². The van der Waals surface area contributed by atoms with Gasteiger partial charge in [0, 0.05) is 43.5 Å². The van der Waals surface area contributed by atoms with E-state index < -0.39 is 0 Å². The van der Waals surface area contributed by atoms with Crippen LogP contribution >= 0.6 is 0 Å². The summed E-state index contributed by atoms with van der Waals surface area (Å²) < 4.78 is 0. The van der Waals surface area contributed by atoms with Crippen LogP contribution in [0.1, 0.15) is 236 Å². The predicted octanol–water partition coefficient (Wildman–Crippen LogP) is 32.8. The third-order valence-corrected chi connectivity index (χ3v) is 13.7. The third-order valence-electron chi connectivity index (χ3n) is 13.7. The number of nitrogens with zero attached hydrogens (tertiary/aromatic N) is 7. The maximum Gasteiger partial charge on any atom is 0.0631 e. The molecule has 7 heteroatoms. The van der Waals surface area contributed by atoms with E-state index in [0.717, 1.165) is 78.8 Å². The molecule has 11 aromatic rings. The Balaban J connectivity index is -0.000000631. The molecule has 0 unspecified atom stereocenters. The second-order valence-corrected chi connectivity index (χ2v) is 21.6. The Hall–Kier alpha value is -10.9. The Labute approximate surface area is 672 Å². The largest absolute Gasteiger partial charge is 0.256 e. The first kappa shape index (κ1) is 105. The molecular formula is C103H141N7. The van der Waals surface area contributed by atoms with Gasteiger partial charge in [-0.25, -0.2) is 0 Å². The van der Waals surface area contributed by atoms with Gasteiger partial charge in [0.25, 0.3) is 0 Å². The van der Waals surface area contributed by atoms with Crippen molar-refractivity contribution >= 4 is 83.3 Å². The molecule has 0 N–H and O–H groups in total. The molecule has 0 heterocycles. The average Bonchev–Trinajstić information content (AvgIpc) is 0.897.